The molecule has 5 nitrogen and oxygen atoms in total. The Morgan fingerprint density at radius 3 is 2.86 bits per heavy atom. The van der Waals surface area contributed by atoms with Crippen molar-refractivity contribution < 1.29 is 9.84 Å². The first-order chi connectivity index (χ1) is 6.70. The number of hydrogen-bond donors (Lipinski definition) is 1. The quantitative estimate of drug-likeness (QED) is 0.723. The molecular weight excluding hydrogens is 182 g/mol. The van der Waals surface area contributed by atoms with Crippen LogP contribution in [0.25, 0.3) is 0 Å². The van der Waals surface area contributed by atoms with Gasteiger partial charge in [-0.05, 0) is 19.8 Å². The van der Waals surface area contributed by atoms with Crippen molar-refractivity contribution in [2.75, 3.05) is 13.7 Å². The van der Waals surface area contributed by atoms with Gasteiger partial charge in [-0.25, -0.2) is 4.98 Å². The van der Waals surface area contributed by atoms with Gasteiger partial charge in [-0.3, -0.25) is 4.68 Å². The van der Waals surface area contributed by atoms with Gasteiger partial charge in [0.05, 0.1) is 12.1 Å². The van der Waals surface area contributed by atoms with Crippen LogP contribution in [-0.4, -0.2) is 39.2 Å². The lowest BCUT2D eigenvalue weighted by Gasteiger charge is -2.27. The second-order valence-electron chi connectivity index (χ2n) is 3.57. The number of nitrogens with zero attached hydrogens (tertiary/aromatic N) is 3. The van der Waals surface area contributed by atoms with E-state index in [2.05, 4.69) is 10.1 Å². The molecule has 1 heterocycles. The Kier molecular flexibility index (Phi) is 4.03. The van der Waals surface area contributed by atoms with Gasteiger partial charge in [0.15, 0.2) is 0 Å². The normalized spacial score (nSPS) is 15.4. The largest absolute Gasteiger partial charge is 0.396 e. The van der Waals surface area contributed by atoms with Crippen LogP contribution in [0.1, 0.15) is 19.8 Å². The second-order valence-corrected chi connectivity index (χ2v) is 3.57. The van der Waals surface area contributed by atoms with Crippen LogP contribution in [0.5, 0.6) is 0 Å². The van der Waals surface area contributed by atoms with Gasteiger partial charge in [0, 0.05) is 13.7 Å². The van der Waals surface area contributed by atoms with Crippen molar-refractivity contribution in [2.45, 2.75) is 31.9 Å². The Morgan fingerprint density at radius 1 is 1.57 bits per heavy atom. The van der Waals surface area contributed by atoms with Gasteiger partial charge < -0.3 is 9.84 Å². The summed E-state index contributed by atoms with van der Waals surface area (Å²) in [7, 11) is 1.67. The zero-order valence-corrected chi connectivity index (χ0v) is 8.68. The van der Waals surface area contributed by atoms with E-state index in [1.54, 1.807) is 18.1 Å². The van der Waals surface area contributed by atoms with Crippen LogP contribution in [0.3, 0.4) is 0 Å². The Hall–Kier alpha value is -0.940. The number of methoxy groups -OCH3 is 1. The van der Waals surface area contributed by atoms with E-state index in [-0.39, 0.29) is 12.2 Å². The number of aliphatic hydroxyl groups is 1. The maximum Gasteiger partial charge on any atom is 0.137 e. The monoisotopic (exact) mass is 199 g/mol. The molecule has 1 N–H and O–H groups in total. The molecule has 1 aromatic rings. The van der Waals surface area contributed by atoms with Gasteiger partial charge in [-0.2, -0.15) is 5.10 Å². The third-order valence-electron chi connectivity index (χ3n) is 2.32. The molecule has 0 spiro atoms. The molecular formula is C9H17N3O2. The minimum absolute atomic E-state index is 0.191. The topological polar surface area (TPSA) is 60.2 Å². The van der Waals surface area contributed by atoms with Crippen LogP contribution in [0.2, 0.25) is 0 Å². The van der Waals surface area contributed by atoms with Crippen molar-refractivity contribution in [3.8, 4) is 0 Å². The lowest BCUT2D eigenvalue weighted by Crippen LogP contribution is -2.33. The molecule has 0 bridgehead atoms. The lowest BCUT2D eigenvalue weighted by atomic mass is 10.0. The molecule has 80 valence electrons. The summed E-state index contributed by atoms with van der Waals surface area (Å²) in [6.07, 6.45) is 4.71. The van der Waals surface area contributed by atoms with Gasteiger partial charge in [0.1, 0.15) is 12.7 Å². The third-order valence-corrected chi connectivity index (χ3v) is 2.32. The minimum atomic E-state index is -0.281. The van der Waals surface area contributed by atoms with Crippen molar-refractivity contribution >= 4 is 0 Å². The van der Waals surface area contributed by atoms with Gasteiger partial charge in [-0.1, -0.05) is 0 Å². The smallest absolute Gasteiger partial charge is 0.137 e. The summed E-state index contributed by atoms with van der Waals surface area (Å²) in [6, 6.07) is 0. The van der Waals surface area contributed by atoms with Gasteiger partial charge >= 0.3 is 0 Å². The second kappa shape index (κ2) is 5.07. The van der Waals surface area contributed by atoms with Crippen molar-refractivity contribution in [3.63, 3.8) is 0 Å². The maximum atomic E-state index is 8.76. The molecule has 0 aliphatic rings. The van der Waals surface area contributed by atoms with Crippen LogP contribution < -0.4 is 0 Å². The van der Waals surface area contributed by atoms with Crippen molar-refractivity contribution in [1.29, 1.82) is 0 Å². The number of aromatic nitrogens is 3. The SMILES string of the molecule is CO[C@](C)(CCCO)Cn1cncn1. The van der Waals surface area contributed by atoms with E-state index >= 15 is 0 Å². The van der Waals surface area contributed by atoms with E-state index < -0.39 is 0 Å². The van der Waals surface area contributed by atoms with Crippen molar-refractivity contribution in [2.24, 2.45) is 0 Å². The highest BCUT2D eigenvalue weighted by atomic mass is 16.5. The Morgan fingerprint density at radius 2 is 2.36 bits per heavy atom. The van der Waals surface area contributed by atoms with Crippen LogP contribution in [0, 0.1) is 0 Å². The lowest BCUT2D eigenvalue weighted by molar-refractivity contribution is -0.0220. The number of rotatable bonds is 6. The standard InChI is InChI=1S/C9H17N3O2/c1-9(14-2,4-3-5-13)6-12-8-10-7-11-12/h7-8,13H,3-6H2,1-2H3/t9-/m1/s1. The average molecular weight is 199 g/mol. The summed E-state index contributed by atoms with van der Waals surface area (Å²) in [5.41, 5.74) is -0.281. The highest BCUT2D eigenvalue weighted by Crippen LogP contribution is 2.18. The fourth-order valence-corrected chi connectivity index (χ4v) is 1.36. The maximum absolute atomic E-state index is 8.76. The molecule has 1 aromatic heterocycles. The highest BCUT2D eigenvalue weighted by molar-refractivity contribution is 4.75. The molecule has 0 radical (unpaired) electrons. The third kappa shape index (κ3) is 3.08. The van der Waals surface area contributed by atoms with E-state index in [0.717, 1.165) is 12.8 Å². The molecule has 1 atom stereocenters. The summed E-state index contributed by atoms with van der Waals surface area (Å²) >= 11 is 0. The van der Waals surface area contributed by atoms with Crippen LogP contribution >= 0.6 is 0 Å². The average Bonchev–Trinajstić information content (AvgIpc) is 2.67. The summed E-state index contributed by atoms with van der Waals surface area (Å²) in [5, 5.41) is 12.8. The van der Waals surface area contributed by atoms with E-state index in [4.69, 9.17) is 9.84 Å². The van der Waals surface area contributed by atoms with Crippen LogP contribution in [0.15, 0.2) is 12.7 Å². The number of hydrogen-bond acceptors (Lipinski definition) is 4. The number of ether oxygens (including phenoxy) is 1. The Balaban J connectivity index is 2.52. The van der Waals surface area contributed by atoms with Gasteiger partial charge in [0.2, 0.25) is 0 Å². The molecule has 0 aliphatic heterocycles. The molecule has 0 aromatic carbocycles. The molecule has 0 saturated heterocycles. The predicted octanol–water partition coefficient (Wildman–Crippen LogP) is 0.456. The molecule has 0 amide bonds. The fraction of sp³-hybridized carbons (Fsp3) is 0.778. The predicted molar refractivity (Wildman–Crippen MR) is 51.8 cm³/mol. The molecule has 0 saturated carbocycles. The molecule has 0 fully saturated rings. The van der Waals surface area contributed by atoms with E-state index in [9.17, 15) is 0 Å². The molecule has 1 rings (SSSR count). The zero-order chi connectivity index (χ0) is 10.4. The fourth-order valence-electron chi connectivity index (χ4n) is 1.36. The molecule has 5 heteroatoms. The summed E-state index contributed by atoms with van der Waals surface area (Å²) in [6.45, 7) is 2.85. The number of aliphatic hydroxyl groups excluding tert-OH is 1. The van der Waals surface area contributed by atoms with Crippen LogP contribution in [-0.2, 0) is 11.3 Å². The first kappa shape index (κ1) is 11.1. The molecule has 0 unspecified atom stereocenters. The Labute approximate surface area is 83.7 Å². The summed E-state index contributed by atoms with van der Waals surface area (Å²) in [5.74, 6) is 0. The van der Waals surface area contributed by atoms with E-state index in [0.29, 0.717) is 6.54 Å². The molecule has 14 heavy (non-hydrogen) atoms. The van der Waals surface area contributed by atoms with E-state index in [1.807, 2.05) is 6.92 Å². The first-order valence-electron chi connectivity index (χ1n) is 4.68. The summed E-state index contributed by atoms with van der Waals surface area (Å²) in [4.78, 5) is 3.87. The Bertz CT molecular complexity index is 251. The van der Waals surface area contributed by atoms with Crippen LogP contribution in [0.4, 0.5) is 0 Å². The van der Waals surface area contributed by atoms with Gasteiger partial charge in [0.25, 0.3) is 0 Å². The van der Waals surface area contributed by atoms with Crippen molar-refractivity contribution in [1.82, 2.24) is 14.8 Å². The zero-order valence-electron chi connectivity index (χ0n) is 8.68. The van der Waals surface area contributed by atoms with Crippen molar-refractivity contribution in [3.05, 3.63) is 12.7 Å². The van der Waals surface area contributed by atoms with Gasteiger partial charge in [-0.15, -0.1) is 0 Å². The minimum Gasteiger partial charge on any atom is -0.396 e. The first-order valence-corrected chi connectivity index (χ1v) is 4.68. The summed E-state index contributed by atoms with van der Waals surface area (Å²) < 4.78 is 7.15. The van der Waals surface area contributed by atoms with E-state index in [1.165, 1.54) is 6.33 Å². The highest BCUT2D eigenvalue weighted by Gasteiger charge is 2.23. The molecule has 0 aliphatic carbocycles.